The molecule has 3 nitrogen and oxygen atoms in total. The van der Waals surface area contributed by atoms with E-state index < -0.39 is 0 Å². The highest BCUT2D eigenvalue weighted by Crippen LogP contribution is 2.24. The quantitative estimate of drug-likeness (QED) is 0.902. The van der Waals surface area contributed by atoms with E-state index in [1.54, 1.807) is 7.11 Å². The molecule has 1 N–H and O–H groups in total. The minimum Gasteiger partial charge on any atom is -0.384 e. The maximum absolute atomic E-state index is 5.26. The summed E-state index contributed by atoms with van der Waals surface area (Å²) < 4.78 is 5.26. The molecule has 1 aromatic carbocycles. The van der Waals surface area contributed by atoms with Crippen LogP contribution in [0.3, 0.4) is 0 Å². The summed E-state index contributed by atoms with van der Waals surface area (Å²) in [6.07, 6.45) is 3.43. The first-order valence-electron chi connectivity index (χ1n) is 8.29. The number of nitrogens with zero attached hydrogens (tertiary/aromatic N) is 1. The summed E-state index contributed by atoms with van der Waals surface area (Å²) in [5, 5.41) is 3.70. The first kappa shape index (κ1) is 16.3. The van der Waals surface area contributed by atoms with Crippen LogP contribution < -0.4 is 10.2 Å². The molecule has 1 saturated heterocycles. The van der Waals surface area contributed by atoms with Crippen molar-refractivity contribution in [1.82, 2.24) is 5.32 Å². The zero-order valence-electron chi connectivity index (χ0n) is 13.8. The molecular formula is C18H30N2O. The molecular weight excluding hydrogens is 260 g/mol. The lowest BCUT2D eigenvalue weighted by atomic mass is 10.0. The molecule has 2 atom stereocenters. The average molecular weight is 290 g/mol. The zero-order chi connectivity index (χ0) is 15.1. The topological polar surface area (TPSA) is 24.5 Å². The fourth-order valence-corrected chi connectivity index (χ4v) is 3.12. The molecule has 1 aromatic rings. The van der Waals surface area contributed by atoms with E-state index in [2.05, 4.69) is 48.3 Å². The maximum Gasteiger partial charge on any atom is 0.0503 e. The lowest BCUT2D eigenvalue weighted by Gasteiger charge is -2.34. The molecule has 0 aromatic heterocycles. The average Bonchev–Trinajstić information content (AvgIpc) is 2.50. The molecule has 1 fully saturated rings. The number of benzene rings is 1. The van der Waals surface area contributed by atoms with Crippen molar-refractivity contribution in [3.8, 4) is 0 Å². The van der Waals surface area contributed by atoms with Crippen molar-refractivity contribution in [3.63, 3.8) is 0 Å². The molecule has 0 bridgehead atoms. The predicted octanol–water partition coefficient (Wildman–Crippen LogP) is 3.09. The second-order valence-corrected chi connectivity index (χ2v) is 6.22. The van der Waals surface area contributed by atoms with Crippen LogP contribution in [-0.4, -0.2) is 39.4 Å². The van der Waals surface area contributed by atoms with Gasteiger partial charge in [-0.2, -0.15) is 0 Å². The summed E-state index contributed by atoms with van der Waals surface area (Å²) in [7, 11) is 1.78. The standard InChI is InChI=1S/C18H30N2O/c1-4-17-9-11-20(14-15(2)13-19-17)18-8-6-5-7-16(18)10-12-21-3/h5-8,15,17,19H,4,9-14H2,1-3H3. The summed E-state index contributed by atoms with van der Waals surface area (Å²) in [6, 6.07) is 9.46. The van der Waals surface area contributed by atoms with Crippen molar-refractivity contribution >= 4 is 5.69 Å². The molecule has 0 spiro atoms. The number of nitrogens with one attached hydrogen (secondary N) is 1. The Morgan fingerprint density at radius 3 is 2.90 bits per heavy atom. The Morgan fingerprint density at radius 1 is 1.33 bits per heavy atom. The van der Waals surface area contributed by atoms with Gasteiger partial charge in [-0.05, 0) is 43.4 Å². The first-order valence-corrected chi connectivity index (χ1v) is 8.29. The summed E-state index contributed by atoms with van der Waals surface area (Å²) in [6.45, 7) is 8.80. The summed E-state index contributed by atoms with van der Waals surface area (Å²) in [4.78, 5) is 2.58. The third kappa shape index (κ3) is 4.72. The molecule has 21 heavy (non-hydrogen) atoms. The third-order valence-corrected chi connectivity index (χ3v) is 4.44. The van der Waals surface area contributed by atoms with E-state index in [0.29, 0.717) is 12.0 Å². The van der Waals surface area contributed by atoms with Crippen LogP contribution in [0.5, 0.6) is 0 Å². The van der Waals surface area contributed by atoms with E-state index in [4.69, 9.17) is 4.74 Å². The van der Waals surface area contributed by atoms with Crippen LogP contribution in [0.4, 0.5) is 5.69 Å². The minimum atomic E-state index is 0.654. The fourth-order valence-electron chi connectivity index (χ4n) is 3.12. The zero-order valence-corrected chi connectivity index (χ0v) is 13.8. The van der Waals surface area contributed by atoms with Gasteiger partial charge in [0.15, 0.2) is 0 Å². The molecule has 3 heteroatoms. The van der Waals surface area contributed by atoms with Gasteiger partial charge in [0, 0.05) is 31.9 Å². The molecule has 2 rings (SSSR count). The lowest BCUT2D eigenvalue weighted by molar-refractivity contribution is 0.202. The van der Waals surface area contributed by atoms with E-state index in [1.807, 2.05) is 0 Å². The van der Waals surface area contributed by atoms with Gasteiger partial charge in [-0.15, -0.1) is 0 Å². The summed E-state index contributed by atoms with van der Waals surface area (Å²) in [5.41, 5.74) is 2.81. The van der Waals surface area contributed by atoms with Crippen molar-refractivity contribution in [1.29, 1.82) is 0 Å². The second-order valence-electron chi connectivity index (χ2n) is 6.22. The molecule has 1 heterocycles. The smallest absolute Gasteiger partial charge is 0.0503 e. The predicted molar refractivity (Wildman–Crippen MR) is 90.1 cm³/mol. The number of para-hydroxylation sites is 1. The van der Waals surface area contributed by atoms with Crippen LogP contribution in [0.25, 0.3) is 0 Å². The Balaban J connectivity index is 2.14. The molecule has 0 aliphatic carbocycles. The normalized spacial score (nSPS) is 23.7. The Labute approximate surface area is 129 Å². The van der Waals surface area contributed by atoms with Gasteiger partial charge in [0.2, 0.25) is 0 Å². The summed E-state index contributed by atoms with van der Waals surface area (Å²) in [5.74, 6) is 0.676. The van der Waals surface area contributed by atoms with Gasteiger partial charge in [0.05, 0.1) is 6.61 Å². The number of methoxy groups -OCH3 is 1. The lowest BCUT2D eigenvalue weighted by Crippen LogP contribution is -2.43. The Hall–Kier alpha value is -1.06. The van der Waals surface area contributed by atoms with Gasteiger partial charge in [-0.3, -0.25) is 0 Å². The molecule has 1 aliphatic rings. The van der Waals surface area contributed by atoms with Gasteiger partial charge in [0.25, 0.3) is 0 Å². The van der Waals surface area contributed by atoms with Crippen LogP contribution in [0.15, 0.2) is 24.3 Å². The Bertz CT molecular complexity index is 421. The van der Waals surface area contributed by atoms with Crippen LogP contribution >= 0.6 is 0 Å². The van der Waals surface area contributed by atoms with Gasteiger partial charge < -0.3 is 15.0 Å². The molecule has 0 radical (unpaired) electrons. The number of anilines is 1. The monoisotopic (exact) mass is 290 g/mol. The maximum atomic E-state index is 5.26. The van der Waals surface area contributed by atoms with Crippen molar-refractivity contribution in [2.75, 3.05) is 38.3 Å². The van der Waals surface area contributed by atoms with Gasteiger partial charge in [-0.25, -0.2) is 0 Å². The Kier molecular flexibility index (Phi) is 6.52. The van der Waals surface area contributed by atoms with E-state index in [0.717, 1.165) is 32.7 Å². The largest absolute Gasteiger partial charge is 0.384 e. The molecule has 0 saturated carbocycles. The van der Waals surface area contributed by atoms with Crippen LogP contribution in [0.2, 0.25) is 0 Å². The van der Waals surface area contributed by atoms with Crippen LogP contribution in [-0.2, 0) is 11.2 Å². The molecule has 1 aliphatic heterocycles. The van der Waals surface area contributed by atoms with E-state index in [9.17, 15) is 0 Å². The first-order chi connectivity index (χ1) is 10.2. The van der Waals surface area contributed by atoms with Crippen molar-refractivity contribution in [2.24, 2.45) is 5.92 Å². The highest BCUT2D eigenvalue weighted by Gasteiger charge is 2.19. The van der Waals surface area contributed by atoms with Crippen LogP contribution in [0.1, 0.15) is 32.3 Å². The Morgan fingerprint density at radius 2 is 2.14 bits per heavy atom. The molecule has 118 valence electrons. The second kappa shape index (κ2) is 8.40. The van der Waals surface area contributed by atoms with Gasteiger partial charge in [-0.1, -0.05) is 32.0 Å². The van der Waals surface area contributed by atoms with Crippen molar-refractivity contribution in [2.45, 2.75) is 39.2 Å². The van der Waals surface area contributed by atoms with Crippen molar-refractivity contribution < 1.29 is 4.74 Å². The number of hydrogen-bond donors (Lipinski definition) is 1. The highest BCUT2D eigenvalue weighted by atomic mass is 16.5. The fraction of sp³-hybridized carbons (Fsp3) is 0.667. The molecule has 0 amide bonds. The highest BCUT2D eigenvalue weighted by molar-refractivity contribution is 5.54. The van der Waals surface area contributed by atoms with Gasteiger partial charge >= 0.3 is 0 Å². The minimum absolute atomic E-state index is 0.654. The van der Waals surface area contributed by atoms with Crippen molar-refractivity contribution in [3.05, 3.63) is 29.8 Å². The molecule has 2 unspecified atom stereocenters. The van der Waals surface area contributed by atoms with E-state index >= 15 is 0 Å². The SMILES string of the molecule is CCC1CCN(c2ccccc2CCOC)CC(C)CN1. The third-order valence-electron chi connectivity index (χ3n) is 4.44. The van der Waals surface area contributed by atoms with Gasteiger partial charge in [0.1, 0.15) is 0 Å². The number of hydrogen-bond acceptors (Lipinski definition) is 3. The number of ether oxygens (including phenoxy) is 1. The van der Waals surface area contributed by atoms with E-state index in [-0.39, 0.29) is 0 Å². The van der Waals surface area contributed by atoms with E-state index in [1.165, 1.54) is 24.1 Å². The number of rotatable bonds is 5. The summed E-state index contributed by atoms with van der Waals surface area (Å²) >= 11 is 0. The van der Waals surface area contributed by atoms with Crippen LogP contribution in [0, 0.1) is 5.92 Å².